The van der Waals surface area contributed by atoms with Gasteiger partial charge >= 0.3 is 0 Å². The molecule has 3 aliphatic rings. The van der Waals surface area contributed by atoms with Gasteiger partial charge in [0.2, 0.25) is 0 Å². The minimum Gasteiger partial charge on any atom is -0.349 e. The molecular formula is C20H26N4O3S. The Balaban J connectivity index is 1.60. The van der Waals surface area contributed by atoms with E-state index in [4.69, 9.17) is 4.98 Å². The number of hydrogen-bond donors (Lipinski definition) is 1. The zero-order chi connectivity index (χ0) is 19.6. The first kappa shape index (κ1) is 18.1. The lowest BCUT2D eigenvalue weighted by Gasteiger charge is -2.15. The second-order valence-corrected chi connectivity index (χ2v) is 11.0. The maximum absolute atomic E-state index is 13.1. The van der Waals surface area contributed by atoms with Gasteiger partial charge in [-0.05, 0) is 57.9 Å². The molecule has 1 amide bonds. The van der Waals surface area contributed by atoms with Gasteiger partial charge < -0.3 is 5.32 Å². The van der Waals surface area contributed by atoms with E-state index in [0.29, 0.717) is 29.5 Å². The van der Waals surface area contributed by atoms with E-state index in [1.165, 1.54) is 12.8 Å². The number of sulfone groups is 1. The van der Waals surface area contributed by atoms with E-state index in [0.717, 1.165) is 29.6 Å². The number of carbonyl (C=O) groups is 1. The SMILES string of the molecule is Cc1nn(C2CCS(=O)(=O)C2)c2nc(C3CC3)cc(C(=O)NC(C)C3CC3)c12. The van der Waals surface area contributed by atoms with Crippen molar-refractivity contribution in [2.24, 2.45) is 5.92 Å². The summed E-state index contributed by atoms with van der Waals surface area (Å²) in [5.41, 5.74) is 2.95. The van der Waals surface area contributed by atoms with Crippen LogP contribution in [0, 0.1) is 12.8 Å². The minimum absolute atomic E-state index is 0.0737. The van der Waals surface area contributed by atoms with E-state index in [1.54, 1.807) is 4.68 Å². The van der Waals surface area contributed by atoms with E-state index in [9.17, 15) is 13.2 Å². The van der Waals surface area contributed by atoms with Gasteiger partial charge in [-0.15, -0.1) is 0 Å². The van der Waals surface area contributed by atoms with Crippen LogP contribution in [-0.2, 0) is 9.84 Å². The summed E-state index contributed by atoms with van der Waals surface area (Å²) >= 11 is 0. The quantitative estimate of drug-likeness (QED) is 0.829. The fourth-order valence-electron chi connectivity index (χ4n) is 4.32. The van der Waals surface area contributed by atoms with Crippen molar-refractivity contribution in [1.29, 1.82) is 0 Å². The Morgan fingerprint density at radius 1 is 1.25 bits per heavy atom. The highest BCUT2D eigenvalue weighted by Gasteiger charge is 2.35. The molecule has 0 radical (unpaired) electrons. The fraction of sp³-hybridized carbons (Fsp3) is 0.650. The summed E-state index contributed by atoms with van der Waals surface area (Å²) in [7, 11) is -3.03. The number of aryl methyl sites for hydroxylation is 1. The fourth-order valence-corrected chi connectivity index (χ4v) is 6.01. The smallest absolute Gasteiger partial charge is 0.252 e. The van der Waals surface area contributed by atoms with Crippen LogP contribution in [0.4, 0.5) is 0 Å². The Bertz CT molecular complexity index is 1070. The number of pyridine rings is 1. The molecule has 2 aromatic heterocycles. The third-order valence-corrected chi connectivity index (χ3v) is 8.09. The Morgan fingerprint density at radius 3 is 2.61 bits per heavy atom. The first-order valence-electron chi connectivity index (χ1n) is 10.2. The van der Waals surface area contributed by atoms with Crippen molar-refractivity contribution in [3.8, 4) is 0 Å². The van der Waals surface area contributed by atoms with Crippen molar-refractivity contribution in [3.05, 3.63) is 23.0 Å². The van der Waals surface area contributed by atoms with Crippen molar-refractivity contribution >= 4 is 26.8 Å². The van der Waals surface area contributed by atoms with Crippen molar-refractivity contribution in [2.75, 3.05) is 11.5 Å². The van der Waals surface area contributed by atoms with Gasteiger partial charge in [0.15, 0.2) is 15.5 Å². The predicted octanol–water partition coefficient (Wildman–Crippen LogP) is 2.51. The van der Waals surface area contributed by atoms with Crippen LogP contribution < -0.4 is 5.32 Å². The van der Waals surface area contributed by atoms with Gasteiger partial charge in [-0.25, -0.2) is 18.1 Å². The van der Waals surface area contributed by atoms with Crippen molar-refractivity contribution in [3.63, 3.8) is 0 Å². The molecule has 2 atom stereocenters. The molecular weight excluding hydrogens is 376 g/mol. The van der Waals surface area contributed by atoms with E-state index < -0.39 is 9.84 Å². The molecule has 1 N–H and O–H groups in total. The van der Waals surface area contributed by atoms with Crippen LogP contribution in [-0.4, -0.2) is 46.6 Å². The van der Waals surface area contributed by atoms with Gasteiger partial charge in [-0.3, -0.25) is 4.79 Å². The number of aromatic nitrogens is 3. The molecule has 0 bridgehead atoms. The van der Waals surface area contributed by atoms with E-state index in [2.05, 4.69) is 17.3 Å². The number of hydrogen-bond acceptors (Lipinski definition) is 5. The van der Waals surface area contributed by atoms with Crippen LogP contribution in [0.25, 0.3) is 11.0 Å². The molecule has 0 spiro atoms. The Morgan fingerprint density at radius 2 is 2.00 bits per heavy atom. The Kier molecular flexibility index (Phi) is 4.05. The zero-order valence-corrected chi connectivity index (χ0v) is 17.1. The Labute approximate surface area is 164 Å². The second-order valence-electron chi connectivity index (χ2n) is 8.75. The molecule has 5 rings (SSSR count). The lowest BCUT2D eigenvalue weighted by molar-refractivity contribution is 0.0937. The standard InChI is InChI=1S/C20H26N4O3S/c1-11(13-3-4-13)21-20(25)16-9-17(14-5-6-14)22-19-18(16)12(2)23-24(19)15-7-8-28(26,27)10-15/h9,11,13-15H,3-8,10H2,1-2H3,(H,21,25). The summed E-state index contributed by atoms with van der Waals surface area (Å²) in [6.45, 7) is 3.94. The van der Waals surface area contributed by atoms with E-state index >= 15 is 0 Å². The van der Waals surface area contributed by atoms with Crippen LogP contribution in [0.1, 0.15) is 72.7 Å². The maximum atomic E-state index is 13.1. The first-order valence-corrected chi connectivity index (χ1v) is 12.1. The molecule has 2 unspecified atom stereocenters. The van der Waals surface area contributed by atoms with Crippen LogP contribution in [0.3, 0.4) is 0 Å². The van der Waals surface area contributed by atoms with Crippen molar-refractivity contribution < 1.29 is 13.2 Å². The summed E-state index contributed by atoms with van der Waals surface area (Å²) < 4.78 is 25.7. The Hall–Kier alpha value is -1.96. The normalized spacial score (nSPS) is 25.1. The number of rotatable bonds is 5. The maximum Gasteiger partial charge on any atom is 0.252 e. The molecule has 7 nitrogen and oxygen atoms in total. The predicted molar refractivity (Wildman–Crippen MR) is 106 cm³/mol. The molecule has 2 aromatic rings. The second kappa shape index (κ2) is 6.27. The summed E-state index contributed by atoms with van der Waals surface area (Å²) in [6, 6.07) is 1.89. The van der Waals surface area contributed by atoms with Crippen LogP contribution in [0.15, 0.2) is 6.07 Å². The van der Waals surface area contributed by atoms with Crippen LogP contribution in [0.5, 0.6) is 0 Å². The van der Waals surface area contributed by atoms with Gasteiger partial charge in [-0.2, -0.15) is 5.10 Å². The summed E-state index contributed by atoms with van der Waals surface area (Å²) in [5, 5.41) is 8.55. The minimum atomic E-state index is -3.03. The van der Waals surface area contributed by atoms with Gasteiger partial charge in [0.25, 0.3) is 5.91 Å². The highest BCUT2D eigenvalue weighted by molar-refractivity contribution is 7.91. The van der Waals surface area contributed by atoms with E-state index in [1.807, 2.05) is 13.0 Å². The highest BCUT2D eigenvalue weighted by Crippen LogP contribution is 2.41. The van der Waals surface area contributed by atoms with Crippen LogP contribution in [0.2, 0.25) is 0 Å². The lowest BCUT2D eigenvalue weighted by Crippen LogP contribution is -2.34. The third kappa shape index (κ3) is 3.21. The molecule has 28 heavy (non-hydrogen) atoms. The monoisotopic (exact) mass is 402 g/mol. The van der Waals surface area contributed by atoms with Gasteiger partial charge in [0, 0.05) is 17.7 Å². The van der Waals surface area contributed by atoms with Gasteiger partial charge in [-0.1, -0.05) is 0 Å². The largest absolute Gasteiger partial charge is 0.349 e. The van der Waals surface area contributed by atoms with Gasteiger partial charge in [0.05, 0.1) is 34.2 Å². The molecule has 1 aliphatic heterocycles. The molecule has 2 saturated carbocycles. The number of nitrogens with one attached hydrogen (secondary N) is 1. The topological polar surface area (TPSA) is 93.9 Å². The molecule has 2 aliphatic carbocycles. The first-order chi connectivity index (χ1) is 13.3. The molecule has 8 heteroatoms. The van der Waals surface area contributed by atoms with Crippen molar-refractivity contribution in [2.45, 2.75) is 64.0 Å². The molecule has 3 heterocycles. The number of fused-ring (bicyclic) bond motifs is 1. The number of carbonyl (C=O) groups excluding carboxylic acids is 1. The summed E-state index contributed by atoms with van der Waals surface area (Å²) in [6.07, 6.45) is 5.07. The van der Waals surface area contributed by atoms with Crippen molar-refractivity contribution in [1.82, 2.24) is 20.1 Å². The van der Waals surface area contributed by atoms with Gasteiger partial charge in [0.1, 0.15) is 0 Å². The average Bonchev–Trinajstić information content (AvgIpc) is 3.55. The highest BCUT2D eigenvalue weighted by atomic mass is 32.2. The third-order valence-electron chi connectivity index (χ3n) is 6.34. The van der Waals surface area contributed by atoms with E-state index in [-0.39, 0.29) is 29.5 Å². The molecule has 3 fully saturated rings. The summed E-state index contributed by atoms with van der Waals surface area (Å²) in [4.78, 5) is 18.0. The van der Waals surface area contributed by atoms with Crippen LogP contribution >= 0.6 is 0 Å². The summed E-state index contributed by atoms with van der Waals surface area (Å²) in [5.74, 6) is 1.19. The zero-order valence-electron chi connectivity index (χ0n) is 16.3. The lowest BCUT2D eigenvalue weighted by atomic mass is 10.1. The number of nitrogens with zero attached hydrogens (tertiary/aromatic N) is 3. The molecule has 0 aromatic carbocycles. The molecule has 1 saturated heterocycles. The number of amides is 1. The average molecular weight is 403 g/mol. The molecule has 150 valence electrons.